The van der Waals surface area contributed by atoms with E-state index in [-0.39, 0.29) is 36.5 Å². The summed E-state index contributed by atoms with van der Waals surface area (Å²) in [5, 5.41) is 7.89. The fourth-order valence-corrected chi connectivity index (χ4v) is 10.0. The monoisotopic (exact) mass is 945 g/mol. The zero-order valence-corrected chi connectivity index (χ0v) is 37.4. The van der Waals surface area contributed by atoms with E-state index < -0.39 is 20.8 Å². The normalized spacial score (nSPS) is 17.9. The quantitative estimate of drug-likeness (QED) is 0.101. The average molecular weight is 945 g/mol. The topological polar surface area (TPSA) is 38.9 Å². The van der Waals surface area contributed by atoms with E-state index in [4.69, 9.17) is 13.5 Å². The van der Waals surface area contributed by atoms with E-state index in [0.717, 1.165) is 62.9 Å². The Kier molecular flexibility index (Phi) is 8.96. The van der Waals surface area contributed by atoms with Crippen LogP contribution in [0.4, 0.5) is 0 Å². The second-order valence-corrected chi connectivity index (χ2v) is 23.0. The first-order chi connectivity index (χ1) is 28.4. The van der Waals surface area contributed by atoms with Gasteiger partial charge in [-0.3, -0.25) is 0 Å². The molecule has 0 amide bonds. The first kappa shape index (κ1) is 34.6. The molecule has 1 saturated carbocycles. The van der Waals surface area contributed by atoms with E-state index in [1.807, 2.05) is 36.4 Å². The van der Waals surface area contributed by atoms with Crippen molar-refractivity contribution in [3.8, 4) is 22.5 Å². The van der Waals surface area contributed by atoms with Gasteiger partial charge in [0, 0.05) is 48.8 Å². The van der Waals surface area contributed by atoms with Gasteiger partial charge in [0.25, 0.3) is 0 Å². The van der Waals surface area contributed by atoms with Gasteiger partial charge in [-0.05, 0) is 80.3 Å². The number of nitrogens with zero attached hydrogens (tertiary/aromatic N) is 2. The molecule has 0 N–H and O–H groups in total. The first-order valence-corrected chi connectivity index (χ1v) is 23.6. The van der Waals surface area contributed by atoms with Crippen LogP contribution in [0.15, 0.2) is 108 Å². The van der Waals surface area contributed by atoms with Crippen LogP contribution in [-0.4, -0.2) is 18.0 Å². The Morgan fingerprint density at radius 3 is 2.23 bits per heavy atom. The summed E-state index contributed by atoms with van der Waals surface area (Å²) in [5.41, 5.74) is 8.66. The Balaban J connectivity index is 0.000000191. The van der Waals surface area contributed by atoms with E-state index in [9.17, 15) is 1.37 Å². The van der Waals surface area contributed by atoms with Crippen molar-refractivity contribution in [2.45, 2.75) is 103 Å². The Morgan fingerprint density at radius 1 is 0.719 bits per heavy atom. The summed E-state index contributed by atoms with van der Waals surface area (Å²) >= 11 is 0. The predicted octanol–water partition coefficient (Wildman–Crippen LogP) is 13.8. The fraction of sp³-hybridized carbons (Fsp3) is 0.308. The first-order valence-electron chi connectivity index (χ1n) is 22.1. The van der Waals surface area contributed by atoms with Crippen molar-refractivity contribution in [3.05, 3.63) is 138 Å². The van der Waals surface area contributed by atoms with Gasteiger partial charge in [-0.25, -0.2) is 0 Å². The maximum absolute atomic E-state index is 9.25. The van der Waals surface area contributed by atoms with Crippen molar-refractivity contribution in [3.63, 3.8) is 0 Å². The molecule has 3 aromatic heterocycles. The number of hydrogen-bond acceptors (Lipinski definition) is 3. The smallest absolute Gasteiger partial charge is 0.129 e. The maximum atomic E-state index is 9.25. The second kappa shape index (κ2) is 14.8. The van der Waals surface area contributed by atoms with Crippen LogP contribution in [0.2, 0.25) is 19.6 Å². The number of hydrogen-bond donors (Lipinski definition) is 0. The van der Waals surface area contributed by atoms with E-state index >= 15 is 0 Å². The van der Waals surface area contributed by atoms with E-state index in [0.29, 0.717) is 35.2 Å². The standard InChI is InChI=1S/C32H26NO.C20H26NSi.Ir/c1-20-19-33-29(18-28(20)21-8-3-2-4-9-21)27-13-7-12-25-26-17-16-23-15-14-22-10-5-6-11-24(22)30(23)32(26)34-31(25)27;1-19(2)16-11-9-8-10-15(16)18-17(20(19,3)4)12-14(13-21-18)22(5,6)7;/h5-7,10-12,14-19,21H,2-4,8-9H2,1H3;8-9,11-13H,1-7H3;/q2*-1;/i1D3,21D;;. The molecular formula is C52H52IrN2OSi-2. The molecule has 0 unspecified atom stereocenters. The summed E-state index contributed by atoms with van der Waals surface area (Å²) in [4.78, 5) is 9.49. The van der Waals surface area contributed by atoms with Gasteiger partial charge in [-0.2, -0.15) is 0 Å². The van der Waals surface area contributed by atoms with Crippen LogP contribution in [-0.2, 0) is 30.9 Å². The maximum Gasteiger partial charge on any atom is 0.129 e. The molecule has 1 radical (unpaired) electrons. The number of fused-ring (bicyclic) bond motifs is 10. The molecule has 1 fully saturated rings. The number of pyridine rings is 2. The van der Waals surface area contributed by atoms with Gasteiger partial charge in [0.1, 0.15) is 5.58 Å². The zero-order valence-electron chi connectivity index (χ0n) is 38.0. The SMILES string of the molecule is CC1(C)c2ccc[c-]c2-c2ncc([Si](C)(C)C)cc2C1(C)C.[2H]C([2H])([2H])c1cnc(-c2[c-]ccc3c2oc2c3ccc3ccc4ccccc4c32)cc1C1([2H])CCCCC1.[Ir]. The number of furan rings is 1. The number of aryl methyl sites for hydroxylation is 1. The Labute approximate surface area is 358 Å². The van der Waals surface area contributed by atoms with Crippen molar-refractivity contribution in [2.75, 3.05) is 0 Å². The van der Waals surface area contributed by atoms with Crippen LogP contribution < -0.4 is 5.19 Å². The molecule has 10 rings (SSSR count). The Morgan fingerprint density at radius 2 is 1.44 bits per heavy atom. The minimum Gasteiger partial charge on any atom is -0.500 e. The molecule has 8 aromatic rings. The van der Waals surface area contributed by atoms with Crippen molar-refractivity contribution in [1.29, 1.82) is 0 Å². The summed E-state index contributed by atoms with van der Waals surface area (Å²) in [7, 11) is -1.37. The summed E-state index contributed by atoms with van der Waals surface area (Å²) in [6.07, 6.45) is 7.78. The van der Waals surface area contributed by atoms with E-state index in [1.54, 1.807) is 0 Å². The van der Waals surface area contributed by atoms with E-state index in [2.05, 4.69) is 125 Å². The minimum absolute atomic E-state index is 0. The van der Waals surface area contributed by atoms with Gasteiger partial charge in [0.2, 0.25) is 0 Å². The molecule has 5 heteroatoms. The second-order valence-electron chi connectivity index (χ2n) is 17.9. The summed E-state index contributed by atoms with van der Waals surface area (Å²) in [6.45, 7) is 14.2. The Hall–Kier alpha value is -4.41. The number of aromatic nitrogens is 2. The Bertz CT molecular complexity index is 2970. The van der Waals surface area contributed by atoms with Crippen LogP contribution >= 0.6 is 0 Å². The molecule has 0 bridgehead atoms. The molecule has 2 aliphatic carbocycles. The van der Waals surface area contributed by atoms with Gasteiger partial charge in [0.05, 0.1) is 13.7 Å². The van der Waals surface area contributed by atoms with Crippen LogP contribution in [0.5, 0.6) is 0 Å². The molecule has 57 heavy (non-hydrogen) atoms. The van der Waals surface area contributed by atoms with Crippen LogP contribution in [0, 0.1) is 19.0 Å². The van der Waals surface area contributed by atoms with Crippen molar-refractivity contribution >= 4 is 56.7 Å². The molecule has 0 atom stereocenters. The number of benzene rings is 5. The number of rotatable bonds is 3. The van der Waals surface area contributed by atoms with Gasteiger partial charge in [-0.15, -0.1) is 53.6 Å². The fourth-order valence-electron chi connectivity index (χ4n) is 8.99. The van der Waals surface area contributed by atoms with Crippen molar-refractivity contribution < 1.29 is 30.0 Å². The third-order valence-electron chi connectivity index (χ3n) is 13.1. The third-order valence-corrected chi connectivity index (χ3v) is 15.1. The van der Waals surface area contributed by atoms with E-state index in [1.165, 1.54) is 28.1 Å². The minimum atomic E-state index is -2.33. The largest absolute Gasteiger partial charge is 0.500 e. The molecular weight excluding hydrogens is 889 g/mol. The van der Waals surface area contributed by atoms with Crippen LogP contribution in [0.1, 0.15) is 93.4 Å². The third kappa shape index (κ3) is 6.60. The average Bonchev–Trinajstić information content (AvgIpc) is 3.62. The van der Waals surface area contributed by atoms with Crippen molar-refractivity contribution in [1.82, 2.24) is 9.97 Å². The molecule has 0 spiro atoms. The molecule has 2 aliphatic rings. The van der Waals surface area contributed by atoms with Gasteiger partial charge in [0.15, 0.2) is 0 Å². The molecule has 0 aliphatic heterocycles. The summed E-state index contributed by atoms with van der Waals surface area (Å²) in [5.74, 6) is -0.934. The predicted molar refractivity (Wildman–Crippen MR) is 239 cm³/mol. The molecule has 3 heterocycles. The summed E-state index contributed by atoms with van der Waals surface area (Å²) < 4.78 is 40.3. The molecule has 291 valence electrons. The summed E-state index contributed by atoms with van der Waals surface area (Å²) in [6, 6.07) is 38.0. The molecule has 0 saturated heterocycles. The van der Waals surface area contributed by atoms with Crippen LogP contribution in [0.3, 0.4) is 0 Å². The van der Waals surface area contributed by atoms with Crippen molar-refractivity contribution in [2.24, 2.45) is 0 Å². The van der Waals surface area contributed by atoms with Crippen LogP contribution in [0.25, 0.3) is 66.0 Å². The van der Waals surface area contributed by atoms with Gasteiger partial charge in [-0.1, -0.05) is 144 Å². The zero-order chi connectivity index (χ0) is 42.4. The molecule has 3 nitrogen and oxygen atoms in total. The van der Waals surface area contributed by atoms with Gasteiger partial charge < -0.3 is 14.4 Å². The van der Waals surface area contributed by atoms with Gasteiger partial charge >= 0.3 is 0 Å². The molecule has 5 aromatic carbocycles.